The molecule has 1 rings (SSSR count). The Labute approximate surface area is 96.6 Å². The van der Waals surface area contributed by atoms with Gasteiger partial charge in [0.15, 0.2) is 6.61 Å². The predicted octanol–water partition coefficient (Wildman–Crippen LogP) is 2.28. The summed E-state index contributed by atoms with van der Waals surface area (Å²) in [7, 11) is 0. The van der Waals surface area contributed by atoms with Crippen molar-refractivity contribution in [2.75, 3.05) is 6.61 Å². The summed E-state index contributed by atoms with van der Waals surface area (Å²) >= 11 is 0. The minimum Gasteiger partial charge on any atom is -0.484 e. The molecule has 2 N–H and O–H groups in total. The lowest BCUT2D eigenvalue weighted by molar-refractivity contribution is -0.119. The minimum atomic E-state index is -0.452. The zero-order chi connectivity index (χ0) is 11.8. The summed E-state index contributed by atoms with van der Waals surface area (Å²) < 4.78 is 5.17. The molecule has 0 saturated carbocycles. The molecule has 3 nitrogen and oxygen atoms in total. The standard InChI is InChI=1S/C13H19NO2/c1-2-3-4-5-11-6-8-12(9-7-11)16-10-13(14)15/h6-9H,2-5,10H2,1H3,(H2,14,15). The molecule has 1 amide bonds. The van der Waals surface area contributed by atoms with Gasteiger partial charge in [-0.1, -0.05) is 31.9 Å². The molecule has 16 heavy (non-hydrogen) atoms. The molecule has 0 aliphatic carbocycles. The first-order chi connectivity index (χ1) is 7.72. The van der Waals surface area contributed by atoms with Crippen molar-refractivity contribution in [1.82, 2.24) is 0 Å². The molecular formula is C13H19NO2. The van der Waals surface area contributed by atoms with Crippen molar-refractivity contribution in [2.45, 2.75) is 32.6 Å². The van der Waals surface area contributed by atoms with Crippen LogP contribution in [0.1, 0.15) is 31.7 Å². The fourth-order valence-electron chi connectivity index (χ4n) is 1.49. The number of hydrogen-bond donors (Lipinski definition) is 1. The van der Waals surface area contributed by atoms with Crippen molar-refractivity contribution in [3.8, 4) is 5.75 Å². The van der Waals surface area contributed by atoms with E-state index in [-0.39, 0.29) is 6.61 Å². The van der Waals surface area contributed by atoms with Gasteiger partial charge in [-0.15, -0.1) is 0 Å². The molecule has 0 aliphatic heterocycles. The number of unbranched alkanes of at least 4 members (excludes halogenated alkanes) is 2. The van der Waals surface area contributed by atoms with E-state index in [1.54, 1.807) is 0 Å². The van der Waals surface area contributed by atoms with Crippen LogP contribution in [0.25, 0.3) is 0 Å². The van der Waals surface area contributed by atoms with Crippen LogP contribution in [0.5, 0.6) is 5.75 Å². The summed E-state index contributed by atoms with van der Waals surface area (Å²) in [5, 5.41) is 0. The Morgan fingerprint density at radius 3 is 2.50 bits per heavy atom. The second kappa shape index (κ2) is 6.88. The first-order valence-electron chi connectivity index (χ1n) is 5.72. The summed E-state index contributed by atoms with van der Waals surface area (Å²) in [6, 6.07) is 7.83. The quantitative estimate of drug-likeness (QED) is 0.718. The number of carbonyl (C=O) groups excluding carboxylic acids is 1. The molecule has 0 bridgehead atoms. The molecule has 0 unspecified atom stereocenters. The lowest BCUT2D eigenvalue weighted by Crippen LogP contribution is -2.19. The molecule has 0 fully saturated rings. The highest BCUT2D eigenvalue weighted by Gasteiger charge is 1.98. The lowest BCUT2D eigenvalue weighted by Gasteiger charge is -2.05. The molecule has 0 radical (unpaired) electrons. The van der Waals surface area contributed by atoms with Crippen LogP contribution in [-0.4, -0.2) is 12.5 Å². The van der Waals surface area contributed by atoms with Gasteiger partial charge in [-0.3, -0.25) is 4.79 Å². The maximum atomic E-state index is 10.5. The molecule has 0 spiro atoms. The lowest BCUT2D eigenvalue weighted by atomic mass is 10.1. The number of ether oxygens (including phenoxy) is 1. The van der Waals surface area contributed by atoms with Crippen molar-refractivity contribution in [2.24, 2.45) is 5.73 Å². The fourth-order valence-corrected chi connectivity index (χ4v) is 1.49. The normalized spacial score (nSPS) is 10.1. The van der Waals surface area contributed by atoms with Gasteiger partial charge in [-0.25, -0.2) is 0 Å². The van der Waals surface area contributed by atoms with E-state index >= 15 is 0 Å². The third kappa shape index (κ3) is 4.82. The molecule has 3 heteroatoms. The molecule has 0 heterocycles. The van der Waals surface area contributed by atoms with Gasteiger partial charge in [0.05, 0.1) is 0 Å². The van der Waals surface area contributed by atoms with Crippen molar-refractivity contribution >= 4 is 5.91 Å². The van der Waals surface area contributed by atoms with Crippen LogP contribution in [0.4, 0.5) is 0 Å². The van der Waals surface area contributed by atoms with Crippen LogP contribution in [0.3, 0.4) is 0 Å². The zero-order valence-electron chi connectivity index (χ0n) is 9.74. The van der Waals surface area contributed by atoms with Gasteiger partial charge in [-0.2, -0.15) is 0 Å². The van der Waals surface area contributed by atoms with E-state index in [0.717, 1.165) is 6.42 Å². The average molecular weight is 221 g/mol. The summed E-state index contributed by atoms with van der Waals surface area (Å²) in [4.78, 5) is 10.5. The smallest absolute Gasteiger partial charge is 0.255 e. The fraction of sp³-hybridized carbons (Fsp3) is 0.462. The minimum absolute atomic E-state index is 0.0603. The Morgan fingerprint density at radius 1 is 1.25 bits per heavy atom. The second-order valence-electron chi connectivity index (χ2n) is 3.86. The molecule has 0 aliphatic rings. The van der Waals surface area contributed by atoms with Crippen LogP contribution >= 0.6 is 0 Å². The maximum Gasteiger partial charge on any atom is 0.255 e. The zero-order valence-corrected chi connectivity index (χ0v) is 9.74. The third-order valence-corrected chi connectivity index (χ3v) is 2.37. The van der Waals surface area contributed by atoms with Crippen LogP contribution in [0, 0.1) is 0 Å². The van der Waals surface area contributed by atoms with Gasteiger partial charge < -0.3 is 10.5 Å². The van der Waals surface area contributed by atoms with Crippen molar-refractivity contribution in [3.05, 3.63) is 29.8 Å². The number of rotatable bonds is 7. The number of amides is 1. The summed E-state index contributed by atoms with van der Waals surface area (Å²) in [5.41, 5.74) is 6.29. The average Bonchev–Trinajstić information content (AvgIpc) is 2.28. The van der Waals surface area contributed by atoms with E-state index in [0.29, 0.717) is 5.75 Å². The van der Waals surface area contributed by atoms with Crippen LogP contribution in [-0.2, 0) is 11.2 Å². The van der Waals surface area contributed by atoms with Gasteiger partial charge in [-0.05, 0) is 30.5 Å². The van der Waals surface area contributed by atoms with E-state index in [9.17, 15) is 4.79 Å². The van der Waals surface area contributed by atoms with E-state index in [1.165, 1.54) is 24.8 Å². The SMILES string of the molecule is CCCCCc1ccc(OCC(N)=O)cc1. The first kappa shape index (κ1) is 12.6. The number of hydrogen-bond acceptors (Lipinski definition) is 2. The van der Waals surface area contributed by atoms with Crippen LogP contribution < -0.4 is 10.5 Å². The Kier molecular flexibility index (Phi) is 5.40. The molecule has 1 aromatic carbocycles. The topological polar surface area (TPSA) is 52.3 Å². The van der Waals surface area contributed by atoms with Gasteiger partial charge in [0.1, 0.15) is 5.75 Å². The van der Waals surface area contributed by atoms with Gasteiger partial charge >= 0.3 is 0 Å². The highest BCUT2D eigenvalue weighted by Crippen LogP contribution is 2.14. The van der Waals surface area contributed by atoms with Gasteiger partial charge in [0.25, 0.3) is 5.91 Å². The van der Waals surface area contributed by atoms with Crippen molar-refractivity contribution in [1.29, 1.82) is 0 Å². The monoisotopic (exact) mass is 221 g/mol. The highest BCUT2D eigenvalue weighted by atomic mass is 16.5. The summed E-state index contributed by atoms with van der Waals surface area (Å²) in [5.74, 6) is 0.241. The van der Waals surface area contributed by atoms with E-state index in [4.69, 9.17) is 10.5 Å². The molecule has 0 saturated heterocycles. The van der Waals surface area contributed by atoms with Gasteiger partial charge in [0.2, 0.25) is 0 Å². The molecule has 1 aromatic rings. The van der Waals surface area contributed by atoms with Crippen molar-refractivity contribution < 1.29 is 9.53 Å². The summed E-state index contributed by atoms with van der Waals surface area (Å²) in [6.45, 7) is 2.13. The number of carbonyl (C=O) groups is 1. The highest BCUT2D eigenvalue weighted by molar-refractivity contribution is 5.75. The second-order valence-corrected chi connectivity index (χ2v) is 3.86. The van der Waals surface area contributed by atoms with E-state index in [2.05, 4.69) is 6.92 Å². The molecule has 0 atom stereocenters. The Bertz CT molecular complexity index is 319. The van der Waals surface area contributed by atoms with E-state index in [1.807, 2.05) is 24.3 Å². The largest absolute Gasteiger partial charge is 0.484 e. The predicted molar refractivity (Wildman–Crippen MR) is 64.4 cm³/mol. The van der Waals surface area contributed by atoms with Crippen molar-refractivity contribution in [3.63, 3.8) is 0 Å². The van der Waals surface area contributed by atoms with Crippen LogP contribution in [0.2, 0.25) is 0 Å². The Morgan fingerprint density at radius 2 is 1.94 bits per heavy atom. The number of nitrogens with two attached hydrogens (primary N) is 1. The molecule has 0 aromatic heterocycles. The molecule has 88 valence electrons. The molecular weight excluding hydrogens is 202 g/mol. The Balaban J connectivity index is 2.38. The third-order valence-electron chi connectivity index (χ3n) is 2.37. The maximum absolute atomic E-state index is 10.5. The number of aryl methyl sites for hydroxylation is 1. The van der Waals surface area contributed by atoms with Gasteiger partial charge in [0, 0.05) is 0 Å². The summed E-state index contributed by atoms with van der Waals surface area (Å²) in [6.07, 6.45) is 4.82. The van der Waals surface area contributed by atoms with E-state index < -0.39 is 5.91 Å². The Hall–Kier alpha value is -1.51. The number of benzene rings is 1. The number of primary amides is 1. The van der Waals surface area contributed by atoms with Crippen LogP contribution in [0.15, 0.2) is 24.3 Å². The first-order valence-corrected chi connectivity index (χ1v) is 5.72.